The molecule has 0 bridgehead atoms. The van der Waals surface area contributed by atoms with Gasteiger partial charge in [-0.3, -0.25) is 0 Å². The lowest BCUT2D eigenvalue weighted by Crippen LogP contribution is -2.28. The molecule has 2 heterocycles. The molecule has 1 aromatic heterocycles. The van der Waals surface area contributed by atoms with E-state index in [1.807, 2.05) is 13.8 Å². The molecule has 2 aliphatic rings. The Kier molecular flexibility index (Phi) is 9.68. The van der Waals surface area contributed by atoms with Crippen molar-refractivity contribution in [1.82, 2.24) is 9.88 Å². The average molecular weight is 374 g/mol. The molecule has 1 aromatic rings. The maximum absolute atomic E-state index is 5.17. The van der Waals surface area contributed by atoms with Crippen molar-refractivity contribution >= 4 is 5.82 Å². The smallest absolute Gasteiger partial charge is 0.129 e. The van der Waals surface area contributed by atoms with Gasteiger partial charge in [0, 0.05) is 24.7 Å². The van der Waals surface area contributed by atoms with Gasteiger partial charge in [0.2, 0.25) is 0 Å². The Morgan fingerprint density at radius 1 is 1.22 bits per heavy atom. The van der Waals surface area contributed by atoms with Crippen LogP contribution in [0.4, 0.5) is 5.82 Å². The number of methoxy groups -OCH3 is 1. The fourth-order valence-electron chi connectivity index (χ4n) is 3.63. The lowest BCUT2D eigenvalue weighted by molar-refractivity contribution is 0.237. The first kappa shape index (κ1) is 21.7. The molecule has 1 N–H and O–H groups in total. The highest BCUT2D eigenvalue weighted by molar-refractivity contribution is 5.46. The van der Waals surface area contributed by atoms with Gasteiger partial charge < -0.3 is 15.0 Å². The number of hydrogen-bond donors (Lipinski definition) is 1. The third-order valence-electron chi connectivity index (χ3n) is 5.33. The van der Waals surface area contributed by atoms with Gasteiger partial charge in [0.05, 0.1) is 12.9 Å². The summed E-state index contributed by atoms with van der Waals surface area (Å²) in [6.07, 6.45) is 10.9. The minimum atomic E-state index is 0.835. The number of nitrogens with one attached hydrogen (secondary N) is 1. The Labute approximate surface area is 166 Å². The van der Waals surface area contributed by atoms with Crippen LogP contribution in [0.15, 0.2) is 24.5 Å². The Morgan fingerprint density at radius 2 is 2.00 bits per heavy atom. The van der Waals surface area contributed by atoms with Gasteiger partial charge in [0.25, 0.3) is 0 Å². The Balaban J connectivity index is 0.00000126. The normalized spacial score (nSPS) is 15.4. The van der Waals surface area contributed by atoms with Crippen molar-refractivity contribution < 1.29 is 4.74 Å². The van der Waals surface area contributed by atoms with Gasteiger partial charge in [0.15, 0.2) is 0 Å². The number of pyridine rings is 1. The predicted molar refractivity (Wildman–Crippen MR) is 115 cm³/mol. The number of rotatable bonds is 11. The van der Waals surface area contributed by atoms with Gasteiger partial charge >= 0.3 is 0 Å². The molecule has 1 aliphatic carbocycles. The number of allylic oxidation sites excluding steroid dienone is 1. The van der Waals surface area contributed by atoms with E-state index in [0.29, 0.717) is 0 Å². The second kappa shape index (κ2) is 12.0. The molecule has 27 heavy (non-hydrogen) atoms. The number of aromatic nitrogens is 1. The van der Waals surface area contributed by atoms with Crippen LogP contribution in [-0.2, 0) is 17.6 Å². The highest BCUT2D eigenvalue weighted by atomic mass is 16.5. The number of ether oxygens (including phenoxy) is 1. The first-order chi connectivity index (χ1) is 13.3. The van der Waals surface area contributed by atoms with Gasteiger partial charge in [-0.2, -0.15) is 0 Å². The van der Waals surface area contributed by atoms with Crippen molar-refractivity contribution in [3.63, 3.8) is 0 Å². The predicted octanol–water partition coefficient (Wildman–Crippen LogP) is 5.19. The van der Waals surface area contributed by atoms with Gasteiger partial charge in [-0.25, -0.2) is 4.98 Å². The Bertz CT molecular complexity index is 569. The van der Waals surface area contributed by atoms with Crippen LogP contribution in [0.5, 0.6) is 0 Å². The van der Waals surface area contributed by atoms with E-state index in [9.17, 15) is 0 Å². The third kappa shape index (κ3) is 7.53. The molecule has 0 saturated heterocycles. The van der Waals surface area contributed by atoms with E-state index in [1.165, 1.54) is 62.9 Å². The summed E-state index contributed by atoms with van der Waals surface area (Å²) in [7, 11) is 1.71. The van der Waals surface area contributed by atoms with Crippen LogP contribution in [0.1, 0.15) is 70.1 Å². The maximum Gasteiger partial charge on any atom is 0.129 e. The van der Waals surface area contributed by atoms with Crippen molar-refractivity contribution in [2.24, 2.45) is 0 Å². The van der Waals surface area contributed by atoms with E-state index in [1.54, 1.807) is 7.11 Å². The van der Waals surface area contributed by atoms with Crippen molar-refractivity contribution in [1.29, 1.82) is 0 Å². The molecule has 4 heteroatoms. The van der Waals surface area contributed by atoms with Crippen molar-refractivity contribution in [2.45, 2.75) is 77.7 Å². The van der Waals surface area contributed by atoms with Crippen LogP contribution in [-0.4, -0.2) is 42.7 Å². The second-order valence-electron chi connectivity index (χ2n) is 7.41. The first-order valence-electron chi connectivity index (χ1n) is 10.9. The second-order valence-corrected chi connectivity index (χ2v) is 7.41. The van der Waals surface area contributed by atoms with E-state index < -0.39 is 0 Å². The average Bonchev–Trinajstić information content (AvgIpc) is 3.56. The first-order valence-corrected chi connectivity index (χ1v) is 10.9. The SMILES string of the molecule is C=C(CCCN(CCCCc1ccc2c(n1)NCCC2)C1CC1)OC.CC. The number of unbranched alkanes of at least 4 members (excludes halogenated alkanes) is 1. The molecule has 4 nitrogen and oxygen atoms in total. The molecule has 1 aliphatic heterocycles. The monoisotopic (exact) mass is 373 g/mol. The highest BCUT2D eigenvalue weighted by Crippen LogP contribution is 2.27. The minimum Gasteiger partial charge on any atom is -0.502 e. The Hall–Kier alpha value is -1.55. The molecule has 3 rings (SSSR count). The number of fused-ring (bicyclic) bond motifs is 1. The summed E-state index contributed by atoms with van der Waals surface area (Å²) in [6, 6.07) is 5.33. The number of nitrogens with zero attached hydrogens (tertiary/aromatic N) is 2. The summed E-state index contributed by atoms with van der Waals surface area (Å²) in [5.74, 6) is 2.03. The topological polar surface area (TPSA) is 37.4 Å². The van der Waals surface area contributed by atoms with E-state index in [-0.39, 0.29) is 0 Å². The summed E-state index contributed by atoms with van der Waals surface area (Å²) in [5.41, 5.74) is 2.62. The summed E-state index contributed by atoms with van der Waals surface area (Å²) < 4.78 is 5.17. The van der Waals surface area contributed by atoms with Crippen LogP contribution in [0, 0.1) is 0 Å². The summed E-state index contributed by atoms with van der Waals surface area (Å²) in [5, 5.41) is 3.44. The fraction of sp³-hybridized carbons (Fsp3) is 0.696. The zero-order chi connectivity index (χ0) is 19.5. The Morgan fingerprint density at radius 3 is 2.74 bits per heavy atom. The standard InChI is InChI=1S/C21H33N3O.C2H6/c1-17(25-2)7-6-16-24(20-12-13-20)15-4-3-9-19-11-10-18-8-5-14-22-21(18)23-19;1-2/h10-11,20H,1,3-9,12-16H2,2H3,(H,22,23);1-2H3. The molecule has 0 aromatic carbocycles. The van der Waals surface area contributed by atoms with Crippen LogP contribution in [0.25, 0.3) is 0 Å². The van der Waals surface area contributed by atoms with E-state index in [0.717, 1.165) is 43.4 Å². The summed E-state index contributed by atoms with van der Waals surface area (Å²) >= 11 is 0. The van der Waals surface area contributed by atoms with E-state index in [4.69, 9.17) is 9.72 Å². The van der Waals surface area contributed by atoms with E-state index >= 15 is 0 Å². The highest BCUT2D eigenvalue weighted by Gasteiger charge is 2.27. The van der Waals surface area contributed by atoms with Crippen molar-refractivity contribution in [3.8, 4) is 0 Å². The van der Waals surface area contributed by atoms with Crippen LogP contribution in [0.3, 0.4) is 0 Å². The van der Waals surface area contributed by atoms with Gasteiger partial charge in [-0.1, -0.05) is 26.5 Å². The summed E-state index contributed by atoms with van der Waals surface area (Å²) in [6.45, 7) is 11.4. The van der Waals surface area contributed by atoms with Gasteiger partial charge in [-0.05, 0) is 76.1 Å². The van der Waals surface area contributed by atoms with Gasteiger partial charge in [0.1, 0.15) is 5.82 Å². The fourth-order valence-corrected chi connectivity index (χ4v) is 3.63. The molecular formula is C23H39N3O. The van der Waals surface area contributed by atoms with Crippen LogP contribution in [0.2, 0.25) is 0 Å². The van der Waals surface area contributed by atoms with Crippen molar-refractivity contribution in [3.05, 3.63) is 35.7 Å². The quantitative estimate of drug-likeness (QED) is 0.428. The third-order valence-corrected chi connectivity index (χ3v) is 5.33. The van der Waals surface area contributed by atoms with Crippen LogP contribution >= 0.6 is 0 Å². The molecular weight excluding hydrogens is 334 g/mol. The van der Waals surface area contributed by atoms with E-state index in [2.05, 4.69) is 28.9 Å². The number of hydrogen-bond acceptors (Lipinski definition) is 4. The lowest BCUT2D eigenvalue weighted by Gasteiger charge is -2.22. The van der Waals surface area contributed by atoms with Crippen LogP contribution < -0.4 is 5.32 Å². The minimum absolute atomic E-state index is 0.835. The number of aryl methyl sites for hydroxylation is 2. The maximum atomic E-state index is 5.17. The molecule has 152 valence electrons. The van der Waals surface area contributed by atoms with Gasteiger partial charge in [-0.15, -0.1) is 0 Å². The molecule has 0 radical (unpaired) electrons. The molecule has 0 unspecified atom stereocenters. The largest absolute Gasteiger partial charge is 0.502 e. The molecule has 0 amide bonds. The zero-order valence-corrected chi connectivity index (χ0v) is 17.7. The molecule has 0 spiro atoms. The van der Waals surface area contributed by atoms with Crippen molar-refractivity contribution in [2.75, 3.05) is 32.1 Å². The summed E-state index contributed by atoms with van der Waals surface area (Å²) in [4.78, 5) is 7.48. The molecule has 1 saturated carbocycles. The lowest BCUT2D eigenvalue weighted by atomic mass is 10.1. The zero-order valence-electron chi connectivity index (χ0n) is 17.7. The molecule has 1 fully saturated rings. The number of anilines is 1. The molecule has 0 atom stereocenters.